The molecule has 3 heterocycles. The number of nitrogens with one attached hydrogen (secondary N) is 1. The summed E-state index contributed by atoms with van der Waals surface area (Å²) in [5.74, 6) is 1.51. The van der Waals surface area contributed by atoms with E-state index in [0.29, 0.717) is 11.2 Å². The smallest absolute Gasteiger partial charge is 0.174 e. The molecule has 0 unspecified atom stereocenters. The molecule has 1 saturated carbocycles. The lowest BCUT2D eigenvalue weighted by atomic mass is 10.00. The maximum Gasteiger partial charge on any atom is 0.174 e. The molecule has 2 atom stereocenters. The van der Waals surface area contributed by atoms with E-state index in [0.717, 1.165) is 22.9 Å². The molecule has 3 aromatic rings. The van der Waals surface area contributed by atoms with E-state index in [1.165, 1.54) is 31.4 Å². The SMILES string of the molecule is COc1ccc(OC)c(N2C(=S)N[C@H](c3ccccn3)[C@@H]2c2cccn2C2CCCC2)c1. The van der Waals surface area contributed by atoms with E-state index in [9.17, 15) is 0 Å². The van der Waals surface area contributed by atoms with Gasteiger partial charge in [0.2, 0.25) is 0 Å². The number of thiocarbonyl (C=S) groups is 1. The molecule has 2 aromatic heterocycles. The highest BCUT2D eigenvalue weighted by molar-refractivity contribution is 7.80. The molecule has 2 aliphatic rings. The van der Waals surface area contributed by atoms with Crippen LogP contribution in [0.25, 0.3) is 0 Å². The summed E-state index contributed by atoms with van der Waals surface area (Å²) in [5.41, 5.74) is 3.07. The predicted molar refractivity (Wildman–Crippen MR) is 129 cm³/mol. The zero-order chi connectivity index (χ0) is 22.1. The standard InChI is InChI=1S/C25H28N4O2S/c1-30-18-12-13-22(31-2)21(16-18)29-24(20-11-7-15-28(20)17-8-3-4-9-17)23(27-25(29)32)19-10-5-6-14-26-19/h5-7,10-17,23-24H,3-4,8-9H2,1-2H3,(H,27,32)/t23-,24+/m1/s1. The third-order valence-corrected chi connectivity index (χ3v) is 6.89. The van der Waals surface area contributed by atoms with Gasteiger partial charge < -0.3 is 24.3 Å². The first kappa shape index (κ1) is 20.8. The number of ether oxygens (including phenoxy) is 2. The largest absolute Gasteiger partial charge is 0.497 e. The van der Waals surface area contributed by atoms with Gasteiger partial charge in [0.25, 0.3) is 0 Å². The fourth-order valence-electron chi connectivity index (χ4n) is 5.07. The number of aromatic nitrogens is 2. The van der Waals surface area contributed by atoms with Gasteiger partial charge in [0.15, 0.2) is 5.11 Å². The van der Waals surface area contributed by atoms with E-state index in [4.69, 9.17) is 21.7 Å². The third kappa shape index (κ3) is 3.60. The Bertz CT molecular complexity index is 1090. The summed E-state index contributed by atoms with van der Waals surface area (Å²) in [7, 11) is 3.36. The van der Waals surface area contributed by atoms with E-state index < -0.39 is 0 Å². The third-order valence-electron chi connectivity index (χ3n) is 6.58. The monoisotopic (exact) mass is 448 g/mol. The molecule has 1 aliphatic carbocycles. The second-order valence-corrected chi connectivity index (χ2v) is 8.70. The summed E-state index contributed by atoms with van der Waals surface area (Å²) < 4.78 is 13.7. The van der Waals surface area contributed by atoms with Gasteiger partial charge in [-0.3, -0.25) is 4.98 Å². The Kier molecular flexibility index (Phi) is 5.74. The van der Waals surface area contributed by atoms with Crippen molar-refractivity contribution in [2.24, 2.45) is 0 Å². The number of hydrogen-bond donors (Lipinski definition) is 1. The average Bonchev–Trinajstić information content (AvgIpc) is 3.58. The van der Waals surface area contributed by atoms with Gasteiger partial charge in [0.05, 0.1) is 31.6 Å². The van der Waals surface area contributed by atoms with E-state index in [1.807, 2.05) is 36.5 Å². The molecule has 1 aromatic carbocycles. The van der Waals surface area contributed by atoms with Crippen molar-refractivity contribution in [2.75, 3.05) is 19.1 Å². The molecule has 32 heavy (non-hydrogen) atoms. The normalized spacial score (nSPS) is 21.1. The number of rotatable bonds is 6. The zero-order valence-electron chi connectivity index (χ0n) is 18.4. The van der Waals surface area contributed by atoms with E-state index in [2.05, 4.69) is 44.2 Å². The average molecular weight is 449 g/mol. The van der Waals surface area contributed by atoms with Crippen LogP contribution in [-0.4, -0.2) is 28.9 Å². The molecule has 0 amide bonds. The van der Waals surface area contributed by atoms with Crippen LogP contribution in [0.4, 0.5) is 5.69 Å². The fourth-order valence-corrected chi connectivity index (χ4v) is 5.41. The number of benzene rings is 1. The minimum atomic E-state index is -0.0883. The molecule has 1 N–H and O–H groups in total. The highest BCUT2D eigenvalue weighted by Gasteiger charge is 2.43. The van der Waals surface area contributed by atoms with Crippen molar-refractivity contribution < 1.29 is 9.47 Å². The quantitative estimate of drug-likeness (QED) is 0.524. The van der Waals surface area contributed by atoms with Gasteiger partial charge >= 0.3 is 0 Å². The number of hydrogen-bond acceptors (Lipinski definition) is 4. The van der Waals surface area contributed by atoms with Gasteiger partial charge in [-0.25, -0.2) is 0 Å². The number of anilines is 1. The molecule has 1 aliphatic heterocycles. The lowest BCUT2D eigenvalue weighted by molar-refractivity contribution is 0.402. The van der Waals surface area contributed by atoms with Crippen LogP contribution in [0, 0.1) is 0 Å². The molecule has 0 radical (unpaired) electrons. The van der Waals surface area contributed by atoms with Gasteiger partial charge in [0, 0.05) is 30.2 Å². The highest BCUT2D eigenvalue weighted by Crippen LogP contribution is 2.46. The van der Waals surface area contributed by atoms with Crippen molar-refractivity contribution in [3.63, 3.8) is 0 Å². The van der Waals surface area contributed by atoms with Crippen molar-refractivity contribution >= 4 is 23.0 Å². The van der Waals surface area contributed by atoms with E-state index in [-0.39, 0.29) is 12.1 Å². The van der Waals surface area contributed by atoms with Gasteiger partial charge in [-0.1, -0.05) is 18.9 Å². The van der Waals surface area contributed by atoms with Crippen LogP contribution in [0.1, 0.15) is 55.2 Å². The van der Waals surface area contributed by atoms with Crippen LogP contribution in [0.3, 0.4) is 0 Å². The maximum absolute atomic E-state index is 5.90. The maximum atomic E-state index is 5.90. The molecule has 6 nitrogen and oxygen atoms in total. The Morgan fingerprint density at radius 3 is 2.59 bits per heavy atom. The van der Waals surface area contributed by atoms with Crippen LogP contribution in [0.5, 0.6) is 11.5 Å². The van der Waals surface area contributed by atoms with Crippen LogP contribution in [-0.2, 0) is 0 Å². The van der Waals surface area contributed by atoms with Crippen LogP contribution >= 0.6 is 12.2 Å². The molecular weight excluding hydrogens is 420 g/mol. The van der Waals surface area contributed by atoms with Gasteiger partial charge in [-0.2, -0.15) is 0 Å². The Morgan fingerprint density at radius 2 is 1.88 bits per heavy atom. The van der Waals surface area contributed by atoms with Gasteiger partial charge in [-0.15, -0.1) is 0 Å². The van der Waals surface area contributed by atoms with Crippen LogP contribution in [0.15, 0.2) is 60.9 Å². The first-order valence-electron chi connectivity index (χ1n) is 11.1. The number of nitrogens with zero attached hydrogens (tertiary/aromatic N) is 3. The molecule has 0 spiro atoms. The Labute approximate surface area is 194 Å². The Balaban J connectivity index is 1.66. The minimum absolute atomic E-state index is 0.0750. The second-order valence-electron chi connectivity index (χ2n) is 8.31. The summed E-state index contributed by atoms with van der Waals surface area (Å²) in [6, 6.07) is 16.6. The van der Waals surface area contributed by atoms with Gasteiger partial charge in [-0.05, 0) is 61.5 Å². The first-order valence-corrected chi connectivity index (χ1v) is 11.5. The van der Waals surface area contributed by atoms with Crippen molar-refractivity contribution in [1.82, 2.24) is 14.9 Å². The molecule has 1 saturated heterocycles. The van der Waals surface area contributed by atoms with Crippen molar-refractivity contribution in [1.29, 1.82) is 0 Å². The lowest BCUT2D eigenvalue weighted by Gasteiger charge is -2.31. The fraction of sp³-hybridized carbons (Fsp3) is 0.360. The molecule has 166 valence electrons. The zero-order valence-corrected chi connectivity index (χ0v) is 19.2. The van der Waals surface area contributed by atoms with E-state index >= 15 is 0 Å². The lowest BCUT2D eigenvalue weighted by Crippen LogP contribution is -2.31. The molecule has 7 heteroatoms. The summed E-state index contributed by atoms with van der Waals surface area (Å²) in [5, 5.41) is 4.20. The first-order chi connectivity index (χ1) is 15.7. The molecule has 0 bridgehead atoms. The van der Waals surface area contributed by atoms with Crippen molar-refractivity contribution in [3.05, 3.63) is 72.3 Å². The summed E-state index contributed by atoms with van der Waals surface area (Å²) in [6.45, 7) is 0. The van der Waals surface area contributed by atoms with Gasteiger partial charge in [0.1, 0.15) is 17.5 Å². The van der Waals surface area contributed by atoms with E-state index in [1.54, 1.807) is 14.2 Å². The topological polar surface area (TPSA) is 51.6 Å². The Hall–Kier alpha value is -3.06. The van der Waals surface area contributed by atoms with Crippen molar-refractivity contribution in [3.8, 4) is 11.5 Å². The summed E-state index contributed by atoms with van der Waals surface area (Å²) in [4.78, 5) is 6.84. The second kappa shape index (κ2) is 8.82. The van der Waals surface area contributed by atoms with Crippen molar-refractivity contribution in [2.45, 2.75) is 43.8 Å². The summed E-state index contributed by atoms with van der Waals surface area (Å²) >= 11 is 5.90. The Morgan fingerprint density at radius 1 is 1.03 bits per heavy atom. The highest BCUT2D eigenvalue weighted by atomic mass is 32.1. The van der Waals surface area contributed by atoms with Crippen LogP contribution in [0.2, 0.25) is 0 Å². The molecule has 2 fully saturated rings. The molecular formula is C25H28N4O2S. The number of methoxy groups -OCH3 is 2. The van der Waals surface area contributed by atoms with Crippen LogP contribution < -0.4 is 19.7 Å². The summed E-state index contributed by atoms with van der Waals surface area (Å²) in [6.07, 6.45) is 9.03. The molecule has 5 rings (SSSR count). The number of pyridine rings is 1. The minimum Gasteiger partial charge on any atom is -0.497 e. The predicted octanol–water partition coefficient (Wildman–Crippen LogP) is 5.19.